The van der Waals surface area contributed by atoms with E-state index >= 15 is 0 Å². The molecule has 2 aromatic carbocycles. The van der Waals surface area contributed by atoms with Crippen LogP contribution in [0.5, 0.6) is 0 Å². The number of allylic oxidation sites excluding steroid dienone is 4. The van der Waals surface area contributed by atoms with E-state index in [1.54, 1.807) is 0 Å². The second kappa shape index (κ2) is 5.37. The molecule has 0 aliphatic heterocycles. The van der Waals surface area contributed by atoms with E-state index in [2.05, 4.69) is 48.5 Å². The molecular weight excluding hydrogens is 254 g/mol. The van der Waals surface area contributed by atoms with Gasteiger partial charge in [-0.2, -0.15) is 0 Å². The van der Waals surface area contributed by atoms with Crippen molar-refractivity contribution in [3.05, 3.63) is 96.1 Å². The smallest absolute Gasteiger partial charge is 0.0734 e. The van der Waals surface area contributed by atoms with Gasteiger partial charge in [0, 0.05) is 18.2 Å². The highest BCUT2D eigenvalue weighted by Crippen LogP contribution is 2.42. The quantitative estimate of drug-likeness (QED) is 0.713. The lowest BCUT2D eigenvalue weighted by Crippen LogP contribution is -2.00. The first kappa shape index (κ1) is 13.3. The summed E-state index contributed by atoms with van der Waals surface area (Å²) in [6.45, 7) is 8.05. The van der Waals surface area contributed by atoms with Gasteiger partial charge >= 0.3 is 0 Å². The Balaban J connectivity index is 2.36. The molecule has 1 aliphatic carbocycles. The predicted molar refractivity (Wildman–Crippen MR) is 91.5 cm³/mol. The largest absolute Gasteiger partial charge is 0.287 e. The molecular formula is C20H17N. The van der Waals surface area contributed by atoms with Crippen molar-refractivity contribution in [3.8, 4) is 0 Å². The van der Waals surface area contributed by atoms with Crippen LogP contribution in [0.1, 0.15) is 16.7 Å². The van der Waals surface area contributed by atoms with Gasteiger partial charge < -0.3 is 0 Å². The van der Waals surface area contributed by atoms with Gasteiger partial charge in [-0.25, -0.2) is 0 Å². The topological polar surface area (TPSA) is 12.4 Å². The van der Waals surface area contributed by atoms with Crippen molar-refractivity contribution in [2.45, 2.75) is 0 Å². The molecule has 0 atom stereocenters. The highest BCUT2D eigenvalue weighted by molar-refractivity contribution is 6.43. The molecule has 21 heavy (non-hydrogen) atoms. The molecule has 0 amide bonds. The Kier molecular flexibility index (Phi) is 3.41. The average molecular weight is 271 g/mol. The molecule has 102 valence electrons. The lowest BCUT2D eigenvalue weighted by molar-refractivity contribution is 1.44. The summed E-state index contributed by atoms with van der Waals surface area (Å²) in [6, 6.07) is 18.7. The van der Waals surface area contributed by atoms with E-state index in [0.29, 0.717) is 0 Å². The zero-order valence-electron chi connectivity index (χ0n) is 12.1. The molecule has 1 heteroatoms. The summed E-state index contributed by atoms with van der Waals surface area (Å²) in [6.07, 6.45) is 1.81. The van der Waals surface area contributed by atoms with Crippen LogP contribution in [0.15, 0.2) is 84.4 Å². The zero-order chi connectivity index (χ0) is 14.8. The lowest BCUT2D eigenvalue weighted by Gasteiger charge is -2.09. The Labute approximate surface area is 125 Å². The van der Waals surface area contributed by atoms with E-state index in [-0.39, 0.29) is 0 Å². The molecule has 0 unspecified atom stereocenters. The first-order valence-corrected chi connectivity index (χ1v) is 6.96. The molecule has 0 fully saturated rings. The standard InChI is InChI=1S/C20H17N/c1-4-14(2)18-16-12-8-9-13-17(16)20(21-3)19(18)15-10-6-5-7-11-15/h4-13H,1-2H2,3H3. The Hall–Kier alpha value is -2.67. The second-order valence-electron chi connectivity index (χ2n) is 4.96. The second-order valence-corrected chi connectivity index (χ2v) is 4.96. The van der Waals surface area contributed by atoms with Crippen molar-refractivity contribution < 1.29 is 0 Å². The summed E-state index contributed by atoms with van der Waals surface area (Å²) >= 11 is 0. The minimum absolute atomic E-state index is 0.931. The predicted octanol–water partition coefficient (Wildman–Crippen LogP) is 4.77. The molecule has 1 aliphatic rings. The molecule has 0 saturated heterocycles. The fourth-order valence-electron chi connectivity index (χ4n) is 2.85. The highest BCUT2D eigenvalue weighted by atomic mass is 14.7. The van der Waals surface area contributed by atoms with Crippen LogP contribution in [-0.4, -0.2) is 12.8 Å². The maximum atomic E-state index is 4.54. The summed E-state index contributed by atoms with van der Waals surface area (Å²) < 4.78 is 0. The summed E-state index contributed by atoms with van der Waals surface area (Å²) in [7, 11) is 1.84. The molecule has 0 bridgehead atoms. The maximum absolute atomic E-state index is 4.54. The third-order valence-electron chi connectivity index (χ3n) is 3.79. The lowest BCUT2D eigenvalue weighted by atomic mass is 9.95. The van der Waals surface area contributed by atoms with Crippen LogP contribution >= 0.6 is 0 Å². The van der Waals surface area contributed by atoms with Gasteiger partial charge in [-0.1, -0.05) is 73.8 Å². The van der Waals surface area contributed by atoms with Gasteiger partial charge in [0.2, 0.25) is 0 Å². The number of aliphatic imine (C=N–C) groups is 1. The summed E-state index contributed by atoms with van der Waals surface area (Å²) in [5.41, 5.74) is 7.73. The first-order chi connectivity index (χ1) is 10.3. The molecule has 0 radical (unpaired) electrons. The highest BCUT2D eigenvalue weighted by Gasteiger charge is 2.28. The summed E-state index contributed by atoms with van der Waals surface area (Å²) in [5, 5.41) is 0. The number of benzene rings is 2. The Morgan fingerprint density at radius 1 is 0.952 bits per heavy atom. The number of fused-ring (bicyclic) bond motifs is 1. The van der Waals surface area contributed by atoms with Gasteiger partial charge in [0.25, 0.3) is 0 Å². The van der Waals surface area contributed by atoms with Crippen molar-refractivity contribution in [2.24, 2.45) is 4.99 Å². The van der Waals surface area contributed by atoms with Gasteiger partial charge in [0.1, 0.15) is 0 Å². The SMILES string of the molecule is C=CC(=C)C1=C(c2ccccc2)C(=NC)c2ccccc21. The van der Waals surface area contributed by atoms with Crippen LogP contribution in [0, 0.1) is 0 Å². The normalized spacial score (nSPS) is 15.2. The Bertz CT molecular complexity index is 776. The Morgan fingerprint density at radius 2 is 1.57 bits per heavy atom. The molecule has 0 aromatic heterocycles. The monoisotopic (exact) mass is 271 g/mol. The van der Waals surface area contributed by atoms with Crippen molar-refractivity contribution in [1.29, 1.82) is 0 Å². The van der Waals surface area contributed by atoms with E-state index in [0.717, 1.165) is 33.6 Å². The van der Waals surface area contributed by atoms with Crippen LogP contribution in [0.25, 0.3) is 11.1 Å². The first-order valence-electron chi connectivity index (χ1n) is 6.96. The molecule has 0 spiro atoms. The molecule has 1 nitrogen and oxygen atoms in total. The zero-order valence-corrected chi connectivity index (χ0v) is 12.1. The minimum atomic E-state index is 0.931. The van der Waals surface area contributed by atoms with E-state index in [1.165, 1.54) is 5.56 Å². The van der Waals surface area contributed by atoms with Gasteiger partial charge in [0.05, 0.1) is 5.71 Å². The van der Waals surface area contributed by atoms with E-state index in [1.807, 2.05) is 37.4 Å². The van der Waals surface area contributed by atoms with Crippen LogP contribution in [-0.2, 0) is 0 Å². The summed E-state index contributed by atoms with van der Waals surface area (Å²) in [4.78, 5) is 4.54. The van der Waals surface area contributed by atoms with E-state index in [9.17, 15) is 0 Å². The molecule has 0 N–H and O–H groups in total. The molecule has 2 aromatic rings. The van der Waals surface area contributed by atoms with Crippen molar-refractivity contribution in [1.82, 2.24) is 0 Å². The van der Waals surface area contributed by atoms with Crippen LogP contribution in [0.4, 0.5) is 0 Å². The number of hydrogen-bond donors (Lipinski definition) is 0. The fraction of sp³-hybridized carbons (Fsp3) is 0.0500. The van der Waals surface area contributed by atoms with Crippen molar-refractivity contribution >= 4 is 16.9 Å². The molecule has 3 rings (SSSR count). The third-order valence-corrected chi connectivity index (χ3v) is 3.79. The number of rotatable bonds is 3. The average Bonchev–Trinajstić information content (AvgIpc) is 2.89. The van der Waals surface area contributed by atoms with Gasteiger partial charge in [-0.15, -0.1) is 0 Å². The Morgan fingerprint density at radius 3 is 2.19 bits per heavy atom. The van der Waals surface area contributed by atoms with E-state index in [4.69, 9.17) is 0 Å². The van der Waals surface area contributed by atoms with Gasteiger partial charge in [-0.3, -0.25) is 4.99 Å². The van der Waals surface area contributed by atoms with Crippen LogP contribution in [0.2, 0.25) is 0 Å². The van der Waals surface area contributed by atoms with Gasteiger partial charge in [0.15, 0.2) is 0 Å². The third kappa shape index (κ3) is 2.07. The molecule has 0 heterocycles. The van der Waals surface area contributed by atoms with E-state index < -0.39 is 0 Å². The maximum Gasteiger partial charge on any atom is 0.0734 e. The van der Waals surface area contributed by atoms with Crippen LogP contribution < -0.4 is 0 Å². The van der Waals surface area contributed by atoms with Gasteiger partial charge in [-0.05, 0) is 22.3 Å². The number of nitrogens with zero attached hydrogens (tertiary/aromatic N) is 1. The summed E-state index contributed by atoms with van der Waals surface area (Å²) in [5.74, 6) is 0. The van der Waals surface area contributed by atoms with Crippen molar-refractivity contribution in [3.63, 3.8) is 0 Å². The minimum Gasteiger partial charge on any atom is -0.287 e. The fourth-order valence-corrected chi connectivity index (χ4v) is 2.85. The van der Waals surface area contributed by atoms with Crippen LogP contribution in [0.3, 0.4) is 0 Å². The van der Waals surface area contributed by atoms with Crippen molar-refractivity contribution in [2.75, 3.05) is 7.05 Å². The molecule has 0 saturated carbocycles. The number of hydrogen-bond acceptors (Lipinski definition) is 1.